The molecule has 0 saturated heterocycles. The van der Waals surface area contributed by atoms with E-state index in [1.165, 1.54) is 29.5 Å². The maximum Gasteiger partial charge on any atom is 0.260 e. The third-order valence-corrected chi connectivity index (χ3v) is 5.78. The largest absolute Gasteiger partial charge is 0.309 e. The molecule has 0 aliphatic heterocycles. The standard InChI is InChI=1S/C21H16ClF2N3OS/c1-27(9-14-16(22)3-2-4-17(14)24)10-18-25-20(28)19-15(11-29-21(19)26-18)12-5-7-13(23)8-6-12/h2-8,11H,9-10H2,1H3,(H,25,26,28). The molecule has 0 radical (unpaired) electrons. The lowest BCUT2D eigenvalue weighted by atomic mass is 10.1. The summed E-state index contributed by atoms with van der Waals surface area (Å²) in [5.41, 5.74) is 1.61. The van der Waals surface area contributed by atoms with E-state index in [9.17, 15) is 13.6 Å². The first kappa shape index (κ1) is 19.7. The molecule has 2 aromatic heterocycles. The van der Waals surface area contributed by atoms with Gasteiger partial charge in [0.1, 0.15) is 22.3 Å². The smallest absolute Gasteiger partial charge is 0.260 e. The Morgan fingerprint density at radius 3 is 2.62 bits per heavy atom. The number of aromatic amines is 1. The van der Waals surface area contributed by atoms with E-state index in [1.807, 2.05) is 10.3 Å². The highest BCUT2D eigenvalue weighted by atomic mass is 35.5. The Morgan fingerprint density at radius 1 is 1.14 bits per heavy atom. The van der Waals surface area contributed by atoms with Crippen LogP contribution in [0.15, 0.2) is 52.6 Å². The fourth-order valence-corrected chi connectivity index (χ4v) is 4.36. The molecular weight excluding hydrogens is 416 g/mol. The lowest BCUT2D eigenvalue weighted by Gasteiger charge is -2.17. The van der Waals surface area contributed by atoms with Gasteiger partial charge in [-0.3, -0.25) is 9.69 Å². The Morgan fingerprint density at radius 2 is 1.90 bits per heavy atom. The molecule has 148 valence electrons. The van der Waals surface area contributed by atoms with E-state index in [4.69, 9.17) is 11.6 Å². The molecule has 4 aromatic rings. The molecular formula is C21H16ClF2N3OS. The van der Waals surface area contributed by atoms with Crippen molar-refractivity contribution in [3.63, 3.8) is 0 Å². The van der Waals surface area contributed by atoms with E-state index in [0.29, 0.717) is 33.2 Å². The van der Waals surface area contributed by atoms with Crippen LogP contribution in [0.25, 0.3) is 21.3 Å². The zero-order valence-corrected chi connectivity index (χ0v) is 17.0. The van der Waals surface area contributed by atoms with Gasteiger partial charge in [0.25, 0.3) is 5.56 Å². The van der Waals surface area contributed by atoms with Crippen LogP contribution in [0.2, 0.25) is 5.02 Å². The molecule has 0 aliphatic carbocycles. The van der Waals surface area contributed by atoms with Gasteiger partial charge >= 0.3 is 0 Å². The second-order valence-corrected chi connectivity index (χ2v) is 7.99. The molecule has 4 rings (SSSR count). The summed E-state index contributed by atoms with van der Waals surface area (Å²) in [6.45, 7) is 0.595. The Balaban J connectivity index is 1.61. The van der Waals surface area contributed by atoms with E-state index >= 15 is 0 Å². The van der Waals surface area contributed by atoms with E-state index in [0.717, 1.165) is 11.1 Å². The van der Waals surface area contributed by atoms with Crippen molar-refractivity contribution in [3.05, 3.63) is 86.2 Å². The number of benzene rings is 2. The molecule has 0 bridgehead atoms. The average Bonchev–Trinajstić information content (AvgIpc) is 3.10. The number of nitrogens with zero attached hydrogens (tertiary/aromatic N) is 2. The van der Waals surface area contributed by atoms with Gasteiger partial charge in [-0.2, -0.15) is 0 Å². The highest BCUT2D eigenvalue weighted by Crippen LogP contribution is 2.31. The zero-order chi connectivity index (χ0) is 20.5. The van der Waals surface area contributed by atoms with E-state index in [2.05, 4.69) is 9.97 Å². The molecule has 0 amide bonds. The first-order valence-electron chi connectivity index (χ1n) is 8.80. The highest BCUT2D eigenvalue weighted by molar-refractivity contribution is 7.17. The fraction of sp³-hybridized carbons (Fsp3) is 0.143. The number of aromatic nitrogens is 2. The summed E-state index contributed by atoms with van der Waals surface area (Å²) in [6, 6.07) is 10.6. The number of H-pyrrole nitrogens is 1. The summed E-state index contributed by atoms with van der Waals surface area (Å²) in [5, 5.41) is 2.67. The lowest BCUT2D eigenvalue weighted by molar-refractivity contribution is 0.305. The summed E-state index contributed by atoms with van der Waals surface area (Å²) >= 11 is 7.44. The average molecular weight is 432 g/mol. The number of hydrogen-bond donors (Lipinski definition) is 1. The summed E-state index contributed by atoms with van der Waals surface area (Å²) < 4.78 is 27.2. The normalized spacial score (nSPS) is 11.5. The van der Waals surface area contributed by atoms with Crippen molar-refractivity contribution in [2.75, 3.05) is 7.05 Å². The van der Waals surface area contributed by atoms with Crippen molar-refractivity contribution in [2.45, 2.75) is 13.1 Å². The molecule has 0 atom stereocenters. The first-order chi connectivity index (χ1) is 13.9. The quantitative estimate of drug-likeness (QED) is 0.471. The van der Waals surface area contributed by atoms with Gasteiger partial charge in [-0.15, -0.1) is 11.3 Å². The zero-order valence-electron chi connectivity index (χ0n) is 15.4. The maximum absolute atomic E-state index is 14.0. The second-order valence-electron chi connectivity index (χ2n) is 6.72. The minimum atomic E-state index is -0.372. The third kappa shape index (κ3) is 4.07. The first-order valence-corrected chi connectivity index (χ1v) is 10.1. The molecule has 0 fully saturated rings. The van der Waals surface area contributed by atoms with Crippen LogP contribution >= 0.6 is 22.9 Å². The third-order valence-electron chi connectivity index (χ3n) is 4.56. The van der Waals surface area contributed by atoms with Crippen LogP contribution in [-0.2, 0) is 13.1 Å². The number of thiophene rings is 1. The topological polar surface area (TPSA) is 49.0 Å². The molecule has 0 aliphatic rings. The maximum atomic E-state index is 14.0. The van der Waals surface area contributed by atoms with E-state index < -0.39 is 0 Å². The highest BCUT2D eigenvalue weighted by Gasteiger charge is 2.15. The number of fused-ring (bicyclic) bond motifs is 1. The van der Waals surface area contributed by atoms with E-state index in [-0.39, 0.29) is 23.7 Å². The van der Waals surface area contributed by atoms with Crippen molar-refractivity contribution in [3.8, 4) is 11.1 Å². The Labute approximate surface area is 174 Å². The van der Waals surface area contributed by atoms with Crippen LogP contribution in [0, 0.1) is 11.6 Å². The van der Waals surface area contributed by atoms with Crippen LogP contribution < -0.4 is 5.56 Å². The molecule has 2 aromatic carbocycles. The minimum absolute atomic E-state index is 0.261. The van der Waals surface area contributed by atoms with Crippen LogP contribution in [0.5, 0.6) is 0 Å². The summed E-state index contributed by atoms with van der Waals surface area (Å²) in [5.74, 6) is -0.228. The second kappa shape index (κ2) is 8.02. The predicted molar refractivity (Wildman–Crippen MR) is 112 cm³/mol. The molecule has 0 saturated carbocycles. The van der Waals surface area contributed by atoms with Gasteiger partial charge in [0.15, 0.2) is 0 Å². The van der Waals surface area contributed by atoms with Gasteiger partial charge < -0.3 is 4.98 Å². The van der Waals surface area contributed by atoms with Crippen molar-refractivity contribution < 1.29 is 8.78 Å². The van der Waals surface area contributed by atoms with Crippen LogP contribution in [0.1, 0.15) is 11.4 Å². The van der Waals surface area contributed by atoms with Crippen LogP contribution in [0.3, 0.4) is 0 Å². The molecule has 0 unspecified atom stereocenters. The Hall–Kier alpha value is -2.61. The predicted octanol–water partition coefficient (Wildman–Crippen LogP) is 5.22. The van der Waals surface area contributed by atoms with Gasteiger partial charge in [-0.05, 0) is 36.9 Å². The molecule has 2 heterocycles. The summed E-state index contributed by atoms with van der Waals surface area (Å²) in [4.78, 5) is 22.5. The van der Waals surface area contributed by atoms with Crippen molar-refractivity contribution in [2.24, 2.45) is 0 Å². The van der Waals surface area contributed by atoms with Gasteiger partial charge in [0, 0.05) is 28.1 Å². The van der Waals surface area contributed by atoms with Crippen molar-refractivity contribution in [1.82, 2.24) is 14.9 Å². The van der Waals surface area contributed by atoms with Crippen molar-refractivity contribution >= 4 is 33.2 Å². The van der Waals surface area contributed by atoms with Crippen LogP contribution in [-0.4, -0.2) is 21.9 Å². The molecule has 29 heavy (non-hydrogen) atoms. The Kier molecular flexibility index (Phi) is 5.45. The summed E-state index contributed by atoms with van der Waals surface area (Å²) in [6.07, 6.45) is 0. The van der Waals surface area contributed by atoms with E-state index in [1.54, 1.807) is 31.3 Å². The number of nitrogens with one attached hydrogen (secondary N) is 1. The number of hydrogen-bond acceptors (Lipinski definition) is 4. The lowest BCUT2D eigenvalue weighted by Crippen LogP contribution is -2.22. The van der Waals surface area contributed by atoms with Crippen molar-refractivity contribution in [1.29, 1.82) is 0 Å². The number of halogens is 3. The molecule has 8 heteroatoms. The fourth-order valence-electron chi connectivity index (χ4n) is 3.18. The minimum Gasteiger partial charge on any atom is -0.309 e. The van der Waals surface area contributed by atoms with Crippen LogP contribution in [0.4, 0.5) is 8.78 Å². The van der Waals surface area contributed by atoms with Gasteiger partial charge in [0.2, 0.25) is 0 Å². The molecule has 0 spiro atoms. The Bertz CT molecular complexity index is 1220. The van der Waals surface area contributed by atoms with Gasteiger partial charge in [-0.25, -0.2) is 13.8 Å². The number of rotatable bonds is 5. The summed E-state index contributed by atoms with van der Waals surface area (Å²) in [7, 11) is 1.80. The van der Waals surface area contributed by atoms with Gasteiger partial charge in [-0.1, -0.05) is 29.8 Å². The molecule has 4 nitrogen and oxygen atoms in total. The monoisotopic (exact) mass is 431 g/mol. The molecule has 1 N–H and O–H groups in total. The van der Waals surface area contributed by atoms with Gasteiger partial charge in [0.05, 0.1) is 11.9 Å². The SMILES string of the molecule is CN(Cc1nc2scc(-c3ccc(F)cc3)c2c(=O)[nH]1)Cc1c(F)cccc1Cl.